The van der Waals surface area contributed by atoms with Crippen LogP contribution in [0, 0.1) is 0 Å². The van der Waals surface area contributed by atoms with Crippen molar-refractivity contribution in [1.82, 2.24) is 9.55 Å². The van der Waals surface area contributed by atoms with E-state index in [0.29, 0.717) is 0 Å². The highest BCUT2D eigenvalue weighted by molar-refractivity contribution is 5.76. The lowest BCUT2D eigenvalue weighted by Crippen LogP contribution is -1.94. The Morgan fingerprint density at radius 1 is 1.50 bits per heavy atom. The van der Waals surface area contributed by atoms with Crippen molar-refractivity contribution in [1.29, 1.82) is 0 Å². The Labute approximate surface area is 83.0 Å². The average Bonchev–Trinajstić information content (AvgIpc) is 2.59. The number of hydrogen-bond donors (Lipinski definition) is 1. The Kier molecular flexibility index (Phi) is 2.25. The van der Waals surface area contributed by atoms with Gasteiger partial charge in [0.15, 0.2) is 0 Å². The van der Waals surface area contributed by atoms with Crippen molar-refractivity contribution in [2.24, 2.45) is 7.05 Å². The van der Waals surface area contributed by atoms with Crippen LogP contribution in [-0.4, -0.2) is 14.7 Å². The first-order valence-corrected chi connectivity index (χ1v) is 4.81. The Balaban J connectivity index is 2.52. The second-order valence-electron chi connectivity index (χ2n) is 3.53. The maximum absolute atomic E-state index is 9.66. The highest BCUT2D eigenvalue weighted by Gasteiger charge is 2.06. The molecule has 0 fully saturated rings. The molecule has 1 aromatic carbocycles. The number of fused-ring (bicyclic) bond motifs is 1. The van der Waals surface area contributed by atoms with Gasteiger partial charge in [0, 0.05) is 7.05 Å². The minimum Gasteiger partial charge on any atom is -0.388 e. The molecule has 0 aliphatic heterocycles. The number of aliphatic hydroxyl groups is 1. The van der Waals surface area contributed by atoms with Crippen molar-refractivity contribution >= 4 is 11.0 Å². The summed E-state index contributed by atoms with van der Waals surface area (Å²) in [6.45, 7) is 1.97. The van der Waals surface area contributed by atoms with Crippen LogP contribution in [-0.2, 0) is 7.05 Å². The highest BCUT2D eigenvalue weighted by atomic mass is 16.3. The van der Waals surface area contributed by atoms with Gasteiger partial charge in [0.05, 0.1) is 23.5 Å². The molecule has 0 radical (unpaired) electrons. The third-order valence-corrected chi connectivity index (χ3v) is 2.52. The third kappa shape index (κ3) is 1.40. The second-order valence-corrected chi connectivity index (χ2v) is 3.53. The van der Waals surface area contributed by atoms with Crippen LogP contribution in [0.3, 0.4) is 0 Å². The van der Waals surface area contributed by atoms with Crippen LogP contribution >= 0.6 is 0 Å². The SMILES string of the molecule is CC[C@H](O)c1ccc2c(c1)ncn2C. The minimum absolute atomic E-state index is 0.374. The molecule has 0 spiro atoms. The zero-order valence-corrected chi connectivity index (χ0v) is 8.44. The van der Waals surface area contributed by atoms with E-state index in [4.69, 9.17) is 0 Å². The fraction of sp³-hybridized carbons (Fsp3) is 0.364. The molecule has 0 aliphatic rings. The number of aromatic nitrogens is 2. The summed E-state index contributed by atoms with van der Waals surface area (Å²) in [7, 11) is 1.96. The molecule has 3 heteroatoms. The largest absolute Gasteiger partial charge is 0.388 e. The molecule has 1 aromatic heterocycles. The van der Waals surface area contributed by atoms with E-state index in [-0.39, 0.29) is 6.10 Å². The number of imidazole rings is 1. The topological polar surface area (TPSA) is 38.1 Å². The average molecular weight is 190 g/mol. The molecular formula is C11H14N2O. The third-order valence-electron chi connectivity index (χ3n) is 2.52. The summed E-state index contributed by atoms with van der Waals surface area (Å²) in [6, 6.07) is 5.90. The van der Waals surface area contributed by atoms with Crippen molar-refractivity contribution in [3.8, 4) is 0 Å². The number of nitrogens with zero attached hydrogens (tertiary/aromatic N) is 2. The van der Waals surface area contributed by atoms with Crippen LogP contribution in [0.2, 0.25) is 0 Å². The molecule has 1 atom stereocenters. The quantitative estimate of drug-likeness (QED) is 0.786. The number of rotatable bonds is 2. The van der Waals surface area contributed by atoms with Gasteiger partial charge >= 0.3 is 0 Å². The summed E-state index contributed by atoms with van der Waals surface area (Å²) < 4.78 is 1.97. The van der Waals surface area contributed by atoms with Crippen molar-refractivity contribution in [2.45, 2.75) is 19.4 Å². The Morgan fingerprint density at radius 2 is 2.29 bits per heavy atom. The fourth-order valence-corrected chi connectivity index (χ4v) is 1.60. The van der Waals surface area contributed by atoms with Gasteiger partial charge in [0.1, 0.15) is 0 Å². The van der Waals surface area contributed by atoms with Crippen LogP contribution in [0.4, 0.5) is 0 Å². The Morgan fingerprint density at radius 3 is 3.00 bits per heavy atom. The van der Waals surface area contributed by atoms with Gasteiger partial charge in [0.2, 0.25) is 0 Å². The molecule has 74 valence electrons. The molecule has 3 nitrogen and oxygen atoms in total. The second kappa shape index (κ2) is 3.42. The van der Waals surface area contributed by atoms with Gasteiger partial charge in [-0.05, 0) is 24.1 Å². The van der Waals surface area contributed by atoms with E-state index >= 15 is 0 Å². The fourth-order valence-electron chi connectivity index (χ4n) is 1.60. The van der Waals surface area contributed by atoms with Crippen LogP contribution < -0.4 is 0 Å². The molecule has 2 aromatic rings. The maximum Gasteiger partial charge on any atom is 0.0955 e. The molecule has 0 amide bonds. The molecule has 0 unspecified atom stereocenters. The zero-order chi connectivity index (χ0) is 10.1. The molecular weight excluding hydrogens is 176 g/mol. The van der Waals surface area contributed by atoms with E-state index in [9.17, 15) is 5.11 Å². The van der Waals surface area contributed by atoms with Gasteiger partial charge < -0.3 is 9.67 Å². The summed E-state index contributed by atoms with van der Waals surface area (Å²) >= 11 is 0. The van der Waals surface area contributed by atoms with Crippen LogP contribution in [0.5, 0.6) is 0 Å². The van der Waals surface area contributed by atoms with Gasteiger partial charge in [-0.15, -0.1) is 0 Å². The van der Waals surface area contributed by atoms with Gasteiger partial charge in [-0.1, -0.05) is 13.0 Å². The summed E-state index contributed by atoms with van der Waals surface area (Å²) in [6.07, 6.45) is 2.15. The molecule has 0 aliphatic carbocycles. The minimum atomic E-state index is -0.374. The predicted molar refractivity (Wildman–Crippen MR) is 56.0 cm³/mol. The van der Waals surface area contributed by atoms with E-state index in [1.807, 2.05) is 36.7 Å². The van der Waals surface area contributed by atoms with Crippen molar-refractivity contribution < 1.29 is 5.11 Å². The number of benzene rings is 1. The van der Waals surface area contributed by atoms with E-state index in [1.54, 1.807) is 6.33 Å². The van der Waals surface area contributed by atoms with E-state index < -0.39 is 0 Å². The monoisotopic (exact) mass is 190 g/mol. The molecule has 0 saturated carbocycles. The smallest absolute Gasteiger partial charge is 0.0955 e. The van der Waals surface area contributed by atoms with Gasteiger partial charge in [0.25, 0.3) is 0 Å². The van der Waals surface area contributed by atoms with Crippen LogP contribution in [0.1, 0.15) is 25.0 Å². The van der Waals surface area contributed by atoms with E-state index in [2.05, 4.69) is 4.98 Å². The number of aryl methyl sites for hydroxylation is 1. The van der Waals surface area contributed by atoms with Crippen molar-refractivity contribution in [3.05, 3.63) is 30.1 Å². The van der Waals surface area contributed by atoms with E-state index in [1.165, 1.54) is 0 Å². The summed E-state index contributed by atoms with van der Waals surface area (Å²) in [5.41, 5.74) is 2.98. The predicted octanol–water partition coefficient (Wildman–Crippen LogP) is 2.02. The highest BCUT2D eigenvalue weighted by Crippen LogP contribution is 2.20. The molecule has 14 heavy (non-hydrogen) atoms. The normalized spacial score (nSPS) is 13.4. The first kappa shape index (κ1) is 9.21. The lowest BCUT2D eigenvalue weighted by Gasteiger charge is -2.07. The first-order chi connectivity index (χ1) is 6.72. The Hall–Kier alpha value is -1.35. The molecule has 0 bridgehead atoms. The van der Waals surface area contributed by atoms with E-state index in [0.717, 1.165) is 23.0 Å². The van der Waals surface area contributed by atoms with Gasteiger partial charge in [-0.3, -0.25) is 0 Å². The van der Waals surface area contributed by atoms with Crippen molar-refractivity contribution in [3.63, 3.8) is 0 Å². The number of aliphatic hydroxyl groups excluding tert-OH is 1. The van der Waals surface area contributed by atoms with Gasteiger partial charge in [-0.25, -0.2) is 4.98 Å². The molecule has 1 heterocycles. The Bertz CT molecular complexity index is 447. The first-order valence-electron chi connectivity index (χ1n) is 4.81. The summed E-state index contributed by atoms with van der Waals surface area (Å²) in [5.74, 6) is 0. The maximum atomic E-state index is 9.66. The van der Waals surface area contributed by atoms with Gasteiger partial charge in [-0.2, -0.15) is 0 Å². The van der Waals surface area contributed by atoms with Crippen LogP contribution in [0.15, 0.2) is 24.5 Å². The molecule has 1 N–H and O–H groups in total. The molecule has 2 rings (SSSR count). The zero-order valence-electron chi connectivity index (χ0n) is 8.44. The lowest BCUT2D eigenvalue weighted by molar-refractivity contribution is 0.174. The summed E-state index contributed by atoms with van der Waals surface area (Å²) in [4.78, 5) is 4.25. The van der Waals surface area contributed by atoms with Crippen molar-refractivity contribution in [2.75, 3.05) is 0 Å². The number of hydrogen-bond acceptors (Lipinski definition) is 2. The lowest BCUT2D eigenvalue weighted by atomic mass is 10.1. The molecule has 0 saturated heterocycles. The standard InChI is InChI=1S/C11H14N2O/c1-3-11(14)8-4-5-10-9(6-8)12-7-13(10)2/h4-7,11,14H,3H2,1-2H3/t11-/m0/s1. The summed E-state index contributed by atoms with van der Waals surface area (Å²) in [5, 5.41) is 9.66. The van der Waals surface area contributed by atoms with Crippen LogP contribution in [0.25, 0.3) is 11.0 Å².